The Hall–Kier alpha value is -2.91. The third-order valence-electron chi connectivity index (χ3n) is 6.44. The maximum Gasteiger partial charge on any atom is 0.246 e. The summed E-state index contributed by atoms with van der Waals surface area (Å²) in [6.45, 7) is 3.75. The minimum atomic E-state index is -3.74. The van der Waals surface area contributed by atoms with Crippen LogP contribution in [0.4, 0.5) is 5.69 Å². The number of nitrogens with zero attached hydrogens (tertiary/aromatic N) is 2. The van der Waals surface area contributed by atoms with Crippen molar-refractivity contribution in [1.29, 1.82) is 0 Å². The van der Waals surface area contributed by atoms with Gasteiger partial charge in [-0.15, -0.1) is 0 Å². The molecule has 0 aromatic heterocycles. The van der Waals surface area contributed by atoms with Gasteiger partial charge in [-0.25, -0.2) is 8.42 Å². The summed E-state index contributed by atoms with van der Waals surface area (Å²) >= 11 is 0. The molecule has 2 aromatic rings. The molecule has 0 aliphatic carbocycles. The normalized spacial score (nSPS) is 19.3. The molecule has 0 bridgehead atoms. The number of carbonyl (C=O) groups excluding carboxylic acids is 2. The summed E-state index contributed by atoms with van der Waals surface area (Å²) in [5.74, 6) is -0.624. The second-order valence-corrected chi connectivity index (χ2v) is 10.9. The van der Waals surface area contributed by atoms with E-state index in [0.29, 0.717) is 31.9 Å². The van der Waals surface area contributed by atoms with Gasteiger partial charge in [-0.05, 0) is 43.5 Å². The highest BCUT2D eigenvalue weighted by Gasteiger charge is 2.35. The van der Waals surface area contributed by atoms with Crippen molar-refractivity contribution in [2.45, 2.75) is 44.0 Å². The van der Waals surface area contributed by atoms with Gasteiger partial charge in [-0.2, -0.15) is 4.31 Å². The minimum absolute atomic E-state index is 0.0400. The van der Waals surface area contributed by atoms with E-state index < -0.39 is 15.9 Å². The molecule has 34 heavy (non-hydrogen) atoms. The van der Waals surface area contributed by atoms with Crippen LogP contribution in [-0.4, -0.2) is 56.2 Å². The Morgan fingerprint density at radius 2 is 1.79 bits per heavy atom. The molecule has 0 saturated carbocycles. The van der Waals surface area contributed by atoms with Gasteiger partial charge in [0, 0.05) is 38.3 Å². The van der Waals surface area contributed by atoms with Crippen LogP contribution in [-0.2, 0) is 26.2 Å². The molecule has 0 spiro atoms. The molecule has 2 aliphatic rings. The first-order valence-electron chi connectivity index (χ1n) is 11.6. The molecule has 2 amide bonds. The third kappa shape index (κ3) is 5.26. The number of carbonyl (C=O) groups is 2. The average Bonchev–Trinajstić information content (AvgIpc) is 3.21. The first-order chi connectivity index (χ1) is 16.3. The van der Waals surface area contributed by atoms with Crippen LogP contribution in [0, 0.1) is 12.8 Å². The summed E-state index contributed by atoms with van der Waals surface area (Å²) in [4.78, 5) is 27.2. The van der Waals surface area contributed by atoms with Crippen LogP contribution in [0.2, 0.25) is 0 Å². The third-order valence-corrected chi connectivity index (χ3v) is 8.36. The van der Waals surface area contributed by atoms with Crippen molar-refractivity contribution < 1.29 is 22.7 Å². The van der Waals surface area contributed by atoms with Crippen molar-refractivity contribution in [1.82, 2.24) is 9.21 Å². The summed E-state index contributed by atoms with van der Waals surface area (Å²) in [6.07, 6.45) is 2.80. The zero-order valence-electron chi connectivity index (χ0n) is 19.6. The Balaban J connectivity index is 1.46. The zero-order chi connectivity index (χ0) is 24.3. The van der Waals surface area contributed by atoms with Gasteiger partial charge in [-0.3, -0.25) is 9.59 Å². The highest BCUT2D eigenvalue weighted by molar-refractivity contribution is 7.89. The molecule has 0 radical (unpaired) electrons. The number of methoxy groups -OCH3 is 1. The fraction of sp³-hybridized carbons (Fsp3) is 0.440. The van der Waals surface area contributed by atoms with E-state index in [1.54, 1.807) is 17.0 Å². The molecular weight excluding hydrogens is 454 g/mol. The largest absolute Gasteiger partial charge is 0.495 e. The van der Waals surface area contributed by atoms with E-state index in [1.807, 2.05) is 31.2 Å². The monoisotopic (exact) mass is 485 g/mol. The highest BCUT2D eigenvalue weighted by Crippen LogP contribution is 2.32. The first-order valence-corrected chi connectivity index (χ1v) is 13.0. The second-order valence-electron chi connectivity index (χ2n) is 8.98. The van der Waals surface area contributed by atoms with Crippen molar-refractivity contribution in [2.75, 3.05) is 32.1 Å². The number of hydrogen-bond acceptors (Lipinski definition) is 5. The van der Waals surface area contributed by atoms with E-state index in [-0.39, 0.29) is 28.9 Å². The van der Waals surface area contributed by atoms with Gasteiger partial charge in [0.2, 0.25) is 21.8 Å². The average molecular weight is 486 g/mol. The highest BCUT2D eigenvalue weighted by atomic mass is 32.2. The quantitative estimate of drug-likeness (QED) is 0.650. The number of ether oxygens (including phenoxy) is 1. The van der Waals surface area contributed by atoms with Crippen LogP contribution in [0.15, 0.2) is 47.4 Å². The Morgan fingerprint density at radius 3 is 2.47 bits per heavy atom. The summed E-state index contributed by atoms with van der Waals surface area (Å²) in [5, 5.41) is 2.81. The Kier molecular flexibility index (Phi) is 7.23. The molecule has 2 aromatic carbocycles. The number of likely N-dealkylation sites (tertiary alicyclic amines) is 1. The van der Waals surface area contributed by atoms with E-state index in [9.17, 15) is 18.0 Å². The van der Waals surface area contributed by atoms with Crippen LogP contribution >= 0.6 is 0 Å². The Morgan fingerprint density at radius 1 is 1.09 bits per heavy atom. The number of nitrogens with one attached hydrogen (secondary N) is 1. The molecule has 1 N–H and O–H groups in total. The van der Waals surface area contributed by atoms with Crippen molar-refractivity contribution in [3.05, 3.63) is 53.6 Å². The zero-order valence-corrected chi connectivity index (χ0v) is 20.4. The fourth-order valence-corrected chi connectivity index (χ4v) is 6.16. The number of benzene rings is 2. The van der Waals surface area contributed by atoms with Crippen molar-refractivity contribution in [3.8, 4) is 5.75 Å². The van der Waals surface area contributed by atoms with E-state index >= 15 is 0 Å². The van der Waals surface area contributed by atoms with E-state index in [1.165, 1.54) is 17.5 Å². The predicted molar refractivity (Wildman–Crippen MR) is 129 cm³/mol. The summed E-state index contributed by atoms with van der Waals surface area (Å²) < 4.78 is 33.2. The predicted octanol–water partition coefficient (Wildman–Crippen LogP) is 3.17. The summed E-state index contributed by atoms with van der Waals surface area (Å²) in [7, 11) is -2.32. The molecule has 2 saturated heterocycles. The lowest BCUT2D eigenvalue weighted by Crippen LogP contribution is -2.35. The van der Waals surface area contributed by atoms with Gasteiger partial charge in [0.25, 0.3) is 0 Å². The van der Waals surface area contributed by atoms with Gasteiger partial charge in [0.15, 0.2) is 0 Å². The van der Waals surface area contributed by atoms with E-state index in [4.69, 9.17) is 4.74 Å². The molecule has 0 unspecified atom stereocenters. The van der Waals surface area contributed by atoms with Gasteiger partial charge >= 0.3 is 0 Å². The Bertz CT molecular complexity index is 1160. The number of rotatable bonds is 7. The van der Waals surface area contributed by atoms with Gasteiger partial charge in [0.05, 0.1) is 13.0 Å². The lowest BCUT2D eigenvalue weighted by atomic mass is 10.1. The second kappa shape index (κ2) is 10.1. The molecule has 2 heterocycles. The molecule has 2 fully saturated rings. The Labute approximate surface area is 200 Å². The molecule has 182 valence electrons. The molecule has 2 aliphatic heterocycles. The van der Waals surface area contributed by atoms with Gasteiger partial charge < -0.3 is 15.0 Å². The maximum absolute atomic E-state index is 13.2. The molecule has 8 nitrogen and oxygen atoms in total. The van der Waals surface area contributed by atoms with Gasteiger partial charge in [-0.1, -0.05) is 36.2 Å². The minimum Gasteiger partial charge on any atom is -0.495 e. The van der Waals surface area contributed by atoms with Crippen LogP contribution in [0.1, 0.15) is 36.8 Å². The maximum atomic E-state index is 13.2. The number of anilines is 1. The molecule has 4 rings (SSSR count). The van der Waals surface area contributed by atoms with Crippen molar-refractivity contribution in [3.63, 3.8) is 0 Å². The smallest absolute Gasteiger partial charge is 0.246 e. The van der Waals surface area contributed by atoms with Gasteiger partial charge in [0.1, 0.15) is 10.6 Å². The van der Waals surface area contributed by atoms with Crippen molar-refractivity contribution >= 4 is 27.5 Å². The van der Waals surface area contributed by atoms with E-state index in [2.05, 4.69) is 5.32 Å². The van der Waals surface area contributed by atoms with Crippen LogP contribution < -0.4 is 10.1 Å². The fourth-order valence-electron chi connectivity index (χ4n) is 4.46. The summed E-state index contributed by atoms with van der Waals surface area (Å²) in [5.41, 5.74) is 2.53. The number of hydrogen-bond donors (Lipinski definition) is 1. The standard InChI is InChI=1S/C25H31N3O5S/c1-18-6-8-19(9-7-18)16-27-17-20(14-24(27)29)25(30)26-21-10-11-22(33-2)23(15-21)34(31,32)28-12-4-3-5-13-28/h6-11,15,20H,3-5,12-14,16-17H2,1-2H3,(H,26,30)/t20-/m1/s1. The van der Waals surface area contributed by atoms with Crippen LogP contribution in [0.25, 0.3) is 0 Å². The lowest BCUT2D eigenvalue weighted by Gasteiger charge is -2.26. The number of sulfonamides is 1. The molecular formula is C25H31N3O5S. The number of piperidine rings is 1. The lowest BCUT2D eigenvalue weighted by molar-refractivity contribution is -0.128. The van der Waals surface area contributed by atoms with Crippen molar-refractivity contribution in [2.24, 2.45) is 5.92 Å². The van der Waals surface area contributed by atoms with Crippen LogP contribution in [0.3, 0.4) is 0 Å². The van der Waals surface area contributed by atoms with Crippen LogP contribution in [0.5, 0.6) is 5.75 Å². The number of amides is 2. The topological polar surface area (TPSA) is 96.0 Å². The molecule has 1 atom stereocenters. The van der Waals surface area contributed by atoms with E-state index in [0.717, 1.165) is 30.4 Å². The summed E-state index contributed by atoms with van der Waals surface area (Å²) in [6, 6.07) is 12.6. The first kappa shape index (κ1) is 24.2. The SMILES string of the molecule is COc1ccc(NC(=O)[C@@H]2CC(=O)N(Cc3ccc(C)cc3)C2)cc1S(=O)(=O)N1CCCCC1. The molecule has 9 heteroatoms. The number of aryl methyl sites for hydroxylation is 1.